The number of hydrogen-bond acceptors (Lipinski definition) is 4. The summed E-state index contributed by atoms with van der Waals surface area (Å²) < 4.78 is 22.8. The van der Waals surface area contributed by atoms with Crippen LogP contribution in [0.15, 0.2) is 4.99 Å². The maximum Gasteiger partial charge on any atom is 0.176 e. The van der Waals surface area contributed by atoms with Crippen LogP contribution in [-0.2, 0) is 9.84 Å². The zero-order valence-electron chi connectivity index (χ0n) is 12.2. The van der Waals surface area contributed by atoms with Crippen molar-refractivity contribution in [2.75, 3.05) is 5.75 Å². The first-order chi connectivity index (χ1) is 8.15. The van der Waals surface area contributed by atoms with Crippen molar-refractivity contribution in [3.05, 3.63) is 0 Å². The van der Waals surface area contributed by atoms with Crippen molar-refractivity contribution in [2.45, 2.75) is 65.4 Å². The van der Waals surface area contributed by atoms with Gasteiger partial charge in [0.1, 0.15) is 0 Å². The molecule has 0 aromatic rings. The van der Waals surface area contributed by atoms with Crippen LogP contribution in [-0.4, -0.2) is 36.5 Å². The molecule has 2 unspecified atom stereocenters. The molecule has 0 aliphatic heterocycles. The summed E-state index contributed by atoms with van der Waals surface area (Å²) in [7, 11) is -3.33. The normalized spacial score (nSPS) is 16.9. The molecule has 5 heteroatoms. The smallest absolute Gasteiger partial charge is 0.176 e. The van der Waals surface area contributed by atoms with Crippen molar-refractivity contribution in [1.29, 1.82) is 0 Å². The van der Waals surface area contributed by atoms with E-state index in [0.29, 0.717) is 12.3 Å². The minimum atomic E-state index is -3.33. The Morgan fingerprint density at radius 3 is 2.22 bits per heavy atom. The summed E-state index contributed by atoms with van der Waals surface area (Å²) in [6.07, 6.45) is 2.27. The molecule has 18 heavy (non-hydrogen) atoms. The van der Waals surface area contributed by atoms with Crippen molar-refractivity contribution >= 4 is 15.5 Å². The zero-order valence-corrected chi connectivity index (χ0v) is 13.0. The summed E-state index contributed by atoms with van der Waals surface area (Å²) in [5.74, 6) is 0.630. The van der Waals surface area contributed by atoms with E-state index < -0.39 is 15.3 Å². The van der Waals surface area contributed by atoms with Gasteiger partial charge in [-0.25, -0.2) is 8.42 Å². The van der Waals surface area contributed by atoms with Crippen LogP contribution >= 0.6 is 0 Å². The molecule has 0 spiro atoms. The zero-order chi connectivity index (χ0) is 14.3. The lowest BCUT2D eigenvalue weighted by molar-refractivity contribution is 0.268. The van der Waals surface area contributed by atoms with E-state index in [0.717, 1.165) is 18.6 Å². The van der Waals surface area contributed by atoms with E-state index in [4.69, 9.17) is 5.11 Å². The van der Waals surface area contributed by atoms with E-state index in [-0.39, 0.29) is 11.8 Å². The highest BCUT2D eigenvalue weighted by molar-refractivity contribution is 7.91. The van der Waals surface area contributed by atoms with E-state index in [1.165, 1.54) is 6.92 Å². The van der Waals surface area contributed by atoms with E-state index >= 15 is 0 Å². The van der Waals surface area contributed by atoms with Crippen LogP contribution in [0.25, 0.3) is 0 Å². The second-order valence-electron chi connectivity index (χ2n) is 5.42. The summed E-state index contributed by atoms with van der Waals surface area (Å²) >= 11 is 0. The second kappa shape index (κ2) is 7.89. The standard InChI is InChI=1S/C13H27NO3S/c1-10(2)9-12(4)14-11(3)7-6-8-18(16,17)13(5)15/h10-11,13,15H,6-9H2,1-5H3. The van der Waals surface area contributed by atoms with Gasteiger partial charge in [-0.2, -0.15) is 0 Å². The van der Waals surface area contributed by atoms with Crippen molar-refractivity contribution < 1.29 is 13.5 Å². The topological polar surface area (TPSA) is 66.7 Å². The highest BCUT2D eigenvalue weighted by Gasteiger charge is 2.17. The third-order valence-corrected chi connectivity index (χ3v) is 4.61. The van der Waals surface area contributed by atoms with Crippen molar-refractivity contribution in [2.24, 2.45) is 10.9 Å². The van der Waals surface area contributed by atoms with Crippen molar-refractivity contribution in [1.82, 2.24) is 0 Å². The molecule has 1 N–H and O–H groups in total. The van der Waals surface area contributed by atoms with E-state index in [1.807, 2.05) is 13.8 Å². The molecular weight excluding hydrogens is 250 g/mol. The quantitative estimate of drug-likeness (QED) is 0.693. The van der Waals surface area contributed by atoms with Crippen LogP contribution in [0.4, 0.5) is 0 Å². The number of aliphatic imine (C=N–C) groups is 1. The minimum absolute atomic E-state index is 0.0355. The van der Waals surface area contributed by atoms with Gasteiger partial charge in [0, 0.05) is 11.8 Å². The molecule has 0 amide bonds. The lowest BCUT2D eigenvalue weighted by Gasteiger charge is -2.11. The third kappa shape index (κ3) is 7.82. The molecule has 0 radical (unpaired) electrons. The van der Waals surface area contributed by atoms with E-state index in [9.17, 15) is 8.42 Å². The Morgan fingerprint density at radius 2 is 1.78 bits per heavy atom. The maximum absolute atomic E-state index is 11.4. The molecule has 0 bridgehead atoms. The van der Waals surface area contributed by atoms with Gasteiger partial charge in [-0.05, 0) is 46.0 Å². The average molecular weight is 277 g/mol. The Kier molecular flexibility index (Phi) is 7.71. The minimum Gasteiger partial charge on any atom is -0.377 e. The van der Waals surface area contributed by atoms with Crippen molar-refractivity contribution in [3.8, 4) is 0 Å². The Bertz CT molecular complexity index is 358. The summed E-state index contributed by atoms with van der Waals surface area (Å²) in [5, 5.41) is 9.07. The number of aliphatic hydroxyl groups excluding tert-OH is 1. The Balaban J connectivity index is 4.09. The summed E-state index contributed by atoms with van der Waals surface area (Å²) in [6.45, 7) is 9.61. The number of hydrogen-bond donors (Lipinski definition) is 1. The molecule has 0 aromatic carbocycles. The first kappa shape index (κ1) is 17.6. The van der Waals surface area contributed by atoms with E-state index in [2.05, 4.69) is 18.8 Å². The van der Waals surface area contributed by atoms with Gasteiger partial charge in [0.2, 0.25) is 0 Å². The molecule has 0 fully saturated rings. The second-order valence-corrected chi connectivity index (χ2v) is 7.84. The Morgan fingerprint density at radius 1 is 1.22 bits per heavy atom. The summed E-state index contributed by atoms with van der Waals surface area (Å²) in [4.78, 5) is 4.54. The molecule has 4 nitrogen and oxygen atoms in total. The van der Waals surface area contributed by atoms with Crippen LogP contribution < -0.4 is 0 Å². The van der Waals surface area contributed by atoms with Crippen LogP contribution in [0.5, 0.6) is 0 Å². The molecule has 0 aliphatic rings. The van der Waals surface area contributed by atoms with Crippen molar-refractivity contribution in [3.63, 3.8) is 0 Å². The first-order valence-corrected chi connectivity index (χ1v) is 8.29. The predicted octanol–water partition coefficient (Wildman–Crippen LogP) is 2.42. The number of sulfone groups is 1. The van der Waals surface area contributed by atoms with Gasteiger partial charge in [-0.1, -0.05) is 13.8 Å². The number of nitrogens with zero attached hydrogens (tertiary/aromatic N) is 1. The van der Waals surface area contributed by atoms with Crippen LogP contribution in [0.1, 0.15) is 53.9 Å². The maximum atomic E-state index is 11.4. The molecule has 0 heterocycles. The lowest BCUT2D eigenvalue weighted by atomic mass is 10.1. The fraction of sp³-hybridized carbons (Fsp3) is 0.923. The van der Waals surface area contributed by atoms with Gasteiger partial charge >= 0.3 is 0 Å². The average Bonchev–Trinajstić information content (AvgIpc) is 2.14. The van der Waals surface area contributed by atoms with Gasteiger partial charge in [-0.3, -0.25) is 4.99 Å². The SMILES string of the molecule is CC(CC(C)C)=NC(C)CCCS(=O)(=O)C(C)O. The summed E-state index contributed by atoms with van der Waals surface area (Å²) in [6, 6.07) is 0.146. The third-order valence-electron chi connectivity index (χ3n) is 2.71. The highest BCUT2D eigenvalue weighted by atomic mass is 32.2. The molecule has 0 aliphatic carbocycles. The molecule has 0 rings (SSSR count). The monoisotopic (exact) mass is 277 g/mol. The van der Waals surface area contributed by atoms with Gasteiger partial charge in [0.25, 0.3) is 0 Å². The molecular formula is C13H27NO3S. The molecule has 108 valence electrons. The number of rotatable bonds is 8. The van der Waals surface area contributed by atoms with Crippen LogP contribution in [0, 0.1) is 5.92 Å². The lowest BCUT2D eigenvalue weighted by Crippen LogP contribution is -2.20. The fourth-order valence-corrected chi connectivity index (χ4v) is 2.74. The Hall–Kier alpha value is -0.420. The molecule has 2 atom stereocenters. The van der Waals surface area contributed by atoms with Gasteiger partial charge < -0.3 is 5.11 Å². The molecule has 0 saturated carbocycles. The van der Waals surface area contributed by atoms with Gasteiger partial charge in [-0.15, -0.1) is 0 Å². The largest absolute Gasteiger partial charge is 0.377 e. The molecule has 0 saturated heterocycles. The van der Waals surface area contributed by atoms with Crippen LogP contribution in [0.3, 0.4) is 0 Å². The highest BCUT2D eigenvalue weighted by Crippen LogP contribution is 2.09. The summed E-state index contributed by atoms with van der Waals surface area (Å²) in [5.41, 5.74) is -0.144. The Labute approximate surface area is 111 Å². The molecule has 0 aromatic heterocycles. The van der Waals surface area contributed by atoms with E-state index in [1.54, 1.807) is 0 Å². The van der Waals surface area contributed by atoms with Gasteiger partial charge in [0.15, 0.2) is 15.3 Å². The number of aliphatic hydroxyl groups is 1. The fourth-order valence-electron chi connectivity index (χ4n) is 1.83. The van der Waals surface area contributed by atoms with Crippen LogP contribution in [0.2, 0.25) is 0 Å². The predicted molar refractivity (Wildman–Crippen MR) is 76.7 cm³/mol. The van der Waals surface area contributed by atoms with Gasteiger partial charge in [0.05, 0.1) is 5.75 Å². The first-order valence-electron chi connectivity index (χ1n) is 6.58.